The van der Waals surface area contributed by atoms with Crippen LogP contribution in [0.3, 0.4) is 0 Å². The number of nitrogens with two attached hydrogens (primary N) is 1. The number of rotatable bonds is 2. The van der Waals surface area contributed by atoms with Crippen LogP contribution in [0.5, 0.6) is 0 Å². The van der Waals surface area contributed by atoms with E-state index in [0.29, 0.717) is 0 Å². The Bertz CT molecular complexity index is 376. The highest BCUT2D eigenvalue weighted by molar-refractivity contribution is 7.86. The monoisotopic (exact) mass is 206 g/mol. The number of para-hydroxylation sites is 1. The largest absolute Gasteiger partial charge is 0.412 e. The van der Waals surface area contributed by atoms with Crippen LogP contribution in [0.25, 0.3) is 0 Å². The smallest absolute Gasteiger partial charge is 0.296 e. The molecule has 0 saturated heterocycles. The second-order valence-corrected chi connectivity index (χ2v) is 3.51. The minimum atomic E-state index is -4.19. The first-order chi connectivity index (χ1) is 5.55. The predicted octanol–water partition coefficient (Wildman–Crippen LogP) is -0.606. The van der Waals surface area contributed by atoms with E-state index in [1.165, 1.54) is 18.2 Å². The van der Waals surface area contributed by atoms with E-state index in [4.69, 9.17) is 10.4 Å². The highest BCUT2D eigenvalue weighted by atomic mass is 32.2. The zero-order chi connectivity index (χ0) is 9.19. The van der Waals surface area contributed by atoms with Gasteiger partial charge in [-0.2, -0.15) is 8.42 Å². The highest BCUT2D eigenvalue weighted by Gasteiger charge is 2.12. The third kappa shape index (κ3) is 2.67. The maximum atomic E-state index is 10.7. The van der Waals surface area contributed by atoms with E-state index in [2.05, 4.69) is 5.43 Å². The number of hydrazine groups is 1. The molecule has 13 heavy (non-hydrogen) atoms. The summed E-state index contributed by atoms with van der Waals surface area (Å²) in [6.07, 6.45) is 0. The summed E-state index contributed by atoms with van der Waals surface area (Å²) in [6, 6.07) is 5.79. The Balaban J connectivity index is 0.00000144. The van der Waals surface area contributed by atoms with Crippen LogP contribution in [-0.4, -0.2) is 18.4 Å². The number of nitrogen functional groups attached to an aromatic ring is 1. The topological polar surface area (TPSA) is 124 Å². The zero-order valence-electron chi connectivity index (χ0n) is 6.56. The summed E-state index contributed by atoms with van der Waals surface area (Å²) in [4.78, 5) is -0.229. The van der Waals surface area contributed by atoms with Crippen molar-refractivity contribution in [3.63, 3.8) is 0 Å². The van der Waals surface area contributed by atoms with E-state index in [-0.39, 0.29) is 16.1 Å². The van der Waals surface area contributed by atoms with Crippen molar-refractivity contribution in [1.82, 2.24) is 0 Å². The van der Waals surface area contributed by atoms with Gasteiger partial charge in [-0.05, 0) is 12.1 Å². The van der Waals surface area contributed by atoms with Crippen molar-refractivity contribution in [2.24, 2.45) is 5.84 Å². The van der Waals surface area contributed by atoms with Crippen LogP contribution < -0.4 is 11.3 Å². The molecule has 74 valence electrons. The van der Waals surface area contributed by atoms with Crippen molar-refractivity contribution in [3.8, 4) is 0 Å². The van der Waals surface area contributed by atoms with Crippen molar-refractivity contribution in [2.75, 3.05) is 5.43 Å². The van der Waals surface area contributed by atoms with Gasteiger partial charge >= 0.3 is 0 Å². The third-order valence-corrected chi connectivity index (χ3v) is 2.23. The van der Waals surface area contributed by atoms with E-state index >= 15 is 0 Å². The second-order valence-electron chi connectivity index (χ2n) is 2.12. The van der Waals surface area contributed by atoms with Gasteiger partial charge in [-0.25, -0.2) is 0 Å². The summed E-state index contributed by atoms with van der Waals surface area (Å²) in [5.74, 6) is 5.02. The fourth-order valence-corrected chi connectivity index (χ4v) is 1.47. The summed E-state index contributed by atoms with van der Waals surface area (Å²) < 4.78 is 30.0. The van der Waals surface area contributed by atoms with Gasteiger partial charge in [0, 0.05) is 0 Å². The molecule has 0 spiro atoms. The molecule has 0 aromatic heterocycles. The van der Waals surface area contributed by atoms with Gasteiger partial charge in [0.1, 0.15) is 4.90 Å². The van der Waals surface area contributed by atoms with Gasteiger partial charge in [0.25, 0.3) is 10.1 Å². The van der Waals surface area contributed by atoms with Crippen molar-refractivity contribution >= 4 is 15.8 Å². The molecule has 7 heteroatoms. The average Bonchev–Trinajstić information content (AvgIpc) is 2.03. The van der Waals surface area contributed by atoms with Crippen molar-refractivity contribution in [1.29, 1.82) is 0 Å². The van der Waals surface area contributed by atoms with E-state index < -0.39 is 10.1 Å². The van der Waals surface area contributed by atoms with Crippen LogP contribution in [0.4, 0.5) is 5.69 Å². The van der Waals surface area contributed by atoms with Gasteiger partial charge in [0.05, 0.1) is 5.69 Å². The van der Waals surface area contributed by atoms with Gasteiger partial charge in [-0.1, -0.05) is 12.1 Å². The van der Waals surface area contributed by atoms with Gasteiger partial charge in [-0.15, -0.1) is 0 Å². The highest BCUT2D eigenvalue weighted by Crippen LogP contribution is 2.18. The molecule has 0 aliphatic rings. The van der Waals surface area contributed by atoms with E-state index in [9.17, 15) is 8.42 Å². The molecular weight excluding hydrogens is 196 g/mol. The predicted molar refractivity (Wildman–Crippen MR) is 47.7 cm³/mol. The average molecular weight is 206 g/mol. The lowest BCUT2D eigenvalue weighted by Gasteiger charge is -2.03. The Labute approximate surface area is 75.4 Å². The molecule has 0 saturated carbocycles. The first kappa shape index (κ1) is 11.8. The van der Waals surface area contributed by atoms with Crippen molar-refractivity contribution in [2.45, 2.75) is 4.90 Å². The second kappa shape index (κ2) is 4.19. The molecule has 0 aliphatic carbocycles. The molecule has 1 rings (SSSR count). The Morgan fingerprint density at radius 1 is 1.31 bits per heavy atom. The maximum absolute atomic E-state index is 10.7. The lowest BCUT2D eigenvalue weighted by Crippen LogP contribution is -2.11. The Kier molecular flexibility index (Phi) is 3.82. The molecule has 0 amide bonds. The summed E-state index contributed by atoms with van der Waals surface area (Å²) in [7, 11) is -4.19. The third-order valence-electron chi connectivity index (χ3n) is 1.32. The molecule has 1 aromatic rings. The molecular formula is C6H10N2O4S. The van der Waals surface area contributed by atoms with Gasteiger partial charge in [0.15, 0.2) is 0 Å². The number of anilines is 1. The first-order valence-corrected chi connectivity index (χ1v) is 4.53. The molecule has 0 heterocycles. The summed E-state index contributed by atoms with van der Waals surface area (Å²) in [6.45, 7) is 0. The summed E-state index contributed by atoms with van der Waals surface area (Å²) in [5, 5.41) is 0. The minimum absolute atomic E-state index is 0. The molecule has 6 N–H and O–H groups in total. The SMILES string of the molecule is NNc1ccccc1S(=O)(=O)O.O. The van der Waals surface area contributed by atoms with Gasteiger partial charge in [-0.3, -0.25) is 10.4 Å². The number of hydrogen-bond donors (Lipinski definition) is 3. The lowest BCUT2D eigenvalue weighted by molar-refractivity contribution is 0.483. The van der Waals surface area contributed by atoms with Crippen LogP contribution in [-0.2, 0) is 10.1 Å². The lowest BCUT2D eigenvalue weighted by atomic mass is 10.3. The van der Waals surface area contributed by atoms with E-state index in [1.807, 2.05) is 0 Å². The molecule has 6 nitrogen and oxygen atoms in total. The quantitative estimate of drug-likeness (QED) is 0.338. The van der Waals surface area contributed by atoms with Crippen LogP contribution in [0.15, 0.2) is 29.2 Å². The maximum Gasteiger partial charge on any atom is 0.296 e. The minimum Gasteiger partial charge on any atom is -0.412 e. The van der Waals surface area contributed by atoms with Crippen LogP contribution >= 0.6 is 0 Å². The van der Waals surface area contributed by atoms with Gasteiger partial charge in [0.2, 0.25) is 0 Å². The molecule has 0 bridgehead atoms. The normalized spacial score (nSPS) is 10.3. The molecule has 0 unspecified atom stereocenters. The molecule has 0 fully saturated rings. The summed E-state index contributed by atoms with van der Waals surface area (Å²) >= 11 is 0. The van der Waals surface area contributed by atoms with Crippen LogP contribution in [0.2, 0.25) is 0 Å². The standard InChI is InChI=1S/C6H8N2O3S.H2O/c7-8-5-3-1-2-4-6(5)12(9,10)11;/h1-4,8H,7H2,(H,9,10,11);1H2. The number of hydrogen-bond acceptors (Lipinski definition) is 4. The Morgan fingerprint density at radius 3 is 2.23 bits per heavy atom. The molecule has 1 aromatic carbocycles. The van der Waals surface area contributed by atoms with Gasteiger partial charge < -0.3 is 10.9 Å². The number of nitrogens with one attached hydrogen (secondary N) is 1. The van der Waals surface area contributed by atoms with Crippen molar-refractivity contribution < 1.29 is 18.4 Å². The van der Waals surface area contributed by atoms with E-state index in [0.717, 1.165) is 0 Å². The zero-order valence-corrected chi connectivity index (χ0v) is 7.38. The first-order valence-electron chi connectivity index (χ1n) is 3.09. The van der Waals surface area contributed by atoms with Crippen LogP contribution in [0.1, 0.15) is 0 Å². The Morgan fingerprint density at radius 2 is 1.85 bits per heavy atom. The molecule has 0 atom stereocenters. The fraction of sp³-hybridized carbons (Fsp3) is 0. The van der Waals surface area contributed by atoms with Crippen molar-refractivity contribution in [3.05, 3.63) is 24.3 Å². The van der Waals surface area contributed by atoms with Crippen LogP contribution in [0, 0.1) is 0 Å². The number of benzene rings is 1. The van der Waals surface area contributed by atoms with E-state index in [1.54, 1.807) is 6.07 Å². The Hall–Kier alpha value is -1.15. The molecule has 0 aliphatic heterocycles. The fourth-order valence-electron chi connectivity index (χ4n) is 0.811. The summed E-state index contributed by atoms with van der Waals surface area (Å²) in [5.41, 5.74) is 2.33. The molecule has 0 radical (unpaired) electrons.